The van der Waals surface area contributed by atoms with Gasteiger partial charge in [0, 0.05) is 119 Å². The Kier molecular flexibility index (Phi) is 19.0. The number of halogens is 2. The van der Waals surface area contributed by atoms with Crippen molar-refractivity contribution in [2.45, 2.75) is 110 Å². The van der Waals surface area contributed by atoms with E-state index in [1.807, 2.05) is 125 Å². The van der Waals surface area contributed by atoms with Gasteiger partial charge in [0.05, 0.1) is 122 Å². The van der Waals surface area contributed by atoms with Crippen LogP contribution in [0.25, 0.3) is 56.1 Å². The Morgan fingerprint density at radius 2 is 1.01 bits per heavy atom. The SMILES string of the molecule is CC(C)(O)[C@H]1CCCN(c2ccc(Nc3cnc(-c4cnc5c(F)cccn45)c4c3C(=O)NC4)nc2)C1.Cc1ccn2c(-c3ccc(Nc4ccc(N5CCC(O)CC5)cn4)c4c3CNC4=O)cnc2c1F.Cn1ccc2c(-c3ccc(Nc4ccc(N5CCC[C@@H](C(C)(C)O)C5)cn4)c4c3CNC4=O)ccnc21. The van der Waals surface area contributed by atoms with Crippen molar-refractivity contribution in [3.8, 4) is 33.8 Å². The van der Waals surface area contributed by atoms with E-state index in [4.69, 9.17) is 0 Å². The number of fused-ring (bicyclic) bond motifs is 6. The van der Waals surface area contributed by atoms with Crippen LogP contribution in [0.1, 0.15) is 120 Å². The fourth-order valence-corrected chi connectivity index (χ4v) is 15.9. The van der Waals surface area contributed by atoms with Crippen molar-refractivity contribution in [3.63, 3.8) is 0 Å². The Labute approximate surface area is 627 Å². The maximum Gasteiger partial charge on any atom is 0.254 e. The molecule has 9 N–H and O–H groups in total. The van der Waals surface area contributed by atoms with Crippen molar-refractivity contribution in [3.05, 3.63) is 204 Å². The molecule has 10 aromatic heterocycles. The van der Waals surface area contributed by atoms with Crippen LogP contribution < -0.4 is 46.6 Å². The van der Waals surface area contributed by atoms with Crippen molar-refractivity contribution >= 4 is 91.6 Å². The first-order valence-corrected chi connectivity index (χ1v) is 37.0. The Morgan fingerprint density at radius 1 is 0.486 bits per heavy atom. The Balaban J connectivity index is 0.000000125. The molecule has 3 fully saturated rings. The summed E-state index contributed by atoms with van der Waals surface area (Å²) in [5.74, 6) is 1.12. The summed E-state index contributed by atoms with van der Waals surface area (Å²) in [4.78, 5) is 76.6. The number of rotatable bonds is 14. The fourth-order valence-electron chi connectivity index (χ4n) is 15.9. The summed E-state index contributed by atoms with van der Waals surface area (Å²) in [6, 6.07) is 28.3. The molecule has 18 rings (SSSR count). The van der Waals surface area contributed by atoms with Crippen molar-refractivity contribution < 1.29 is 38.5 Å². The van der Waals surface area contributed by atoms with Crippen LogP contribution in [-0.2, 0) is 26.7 Å². The van der Waals surface area contributed by atoms with E-state index in [2.05, 4.69) is 99.7 Å². The minimum atomic E-state index is -0.717. The second kappa shape index (κ2) is 29.0. The van der Waals surface area contributed by atoms with Gasteiger partial charge in [0.2, 0.25) is 0 Å². The highest BCUT2D eigenvalue weighted by atomic mass is 19.1. The third-order valence-corrected chi connectivity index (χ3v) is 22.1. The smallest absolute Gasteiger partial charge is 0.254 e. The third kappa shape index (κ3) is 14.0. The Bertz CT molecular complexity index is 5490. The predicted molar refractivity (Wildman–Crippen MR) is 416 cm³/mol. The number of pyridine rings is 7. The number of amides is 3. The maximum atomic E-state index is 14.6. The van der Waals surface area contributed by atoms with Gasteiger partial charge in [-0.25, -0.2) is 38.7 Å². The lowest BCUT2D eigenvalue weighted by molar-refractivity contribution is 0.0106. The van der Waals surface area contributed by atoms with Crippen molar-refractivity contribution in [1.29, 1.82) is 0 Å². The van der Waals surface area contributed by atoms with Crippen LogP contribution >= 0.6 is 0 Å². The zero-order valence-electron chi connectivity index (χ0n) is 61.4. The van der Waals surface area contributed by atoms with E-state index in [1.165, 1.54) is 6.07 Å². The topological polar surface area (TPSA) is 298 Å². The number of nitrogens with one attached hydrogen (secondary N) is 6. The van der Waals surface area contributed by atoms with Crippen LogP contribution in [-0.4, -0.2) is 138 Å². The molecule has 27 heteroatoms. The van der Waals surface area contributed by atoms with Crippen molar-refractivity contribution in [2.75, 3.05) is 69.9 Å². The highest BCUT2D eigenvalue weighted by Crippen LogP contribution is 2.41. The third-order valence-electron chi connectivity index (χ3n) is 22.1. The van der Waals surface area contributed by atoms with Gasteiger partial charge in [-0.05, 0) is 180 Å². The molecule has 3 amide bonds. The molecule has 0 aliphatic carbocycles. The zero-order chi connectivity index (χ0) is 75.6. The van der Waals surface area contributed by atoms with Gasteiger partial charge in [0.1, 0.15) is 23.1 Å². The lowest BCUT2D eigenvalue weighted by atomic mass is 9.84. The monoisotopic (exact) mass is 1470 g/mol. The standard InChI is InChI=1S/C29H32N6O2.C27H28FN7O2.C26H25FN6O2/c1-29(2,37)18-5-4-13-35(17-18)19-6-9-25(31-15-19)33-24-8-7-20(23-16-32-28(36)26(23)24)21-10-12-30-27-22(21)11-14-34(27)3;1-27(2,37)16-5-3-9-34(15-16)17-7-8-22(29-11-17)33-20-13-30-24(18-12-32-26(36)23(18)20)21-14-31-25-19(28)6-4-10-35(21)25;1-15-6-11-33-21(14-29-25(33)24(15)27)18-3-4-20(23-19(18)13-30-26(23)35)31-22-5-2-16(12-28-22)32-9-7-17(34)8-10-32/h6-12,14-15,18,37H,4-5,13,16-17H2,1-3H3,(H,31,33)(H,32,36);4,6-8,10-11,13-14,16,37H,3,5,9,12,15H2,1-2H3,(H,29,33)(H,32,36);2-6,11-12,14,17,34H,7-10,13H2,1H3,(H,28,31)(H,30,35)/t18-;16-;/m10./s1. The van der Waals surface area contributed by atoms with E-state index in [9.17, 15) is 38.5 Å². The maximum absolute atomic E-state index is 14.6. The number of hydrogen-bond donors (Lipinski definition) is 9. The van der Waals surface area contributed by atoms with Crippen LogP contribution in [0.5, 0.6) is 0 Å². The Morgan fingerprint density at radius 3 is 1.59 bits per heavy atom. The first kappa shape index (κ1) is 71.3. The van der Waals surface area contributed by atoms with Gasteiger partial charge in [0.15, 0.2) is 22.9 Å². The molecule has 25 nitrogen and oxygen atoms in total. The van der Waals surface area contributed by atoms with Crippen LogP contribution in [0.3, 0.4) is 0 Å². The molecule has 109 heavy (non-hydrogen) atoms. The molecule has 0 radical (unpaired) electrons. The normalized spacial score (nSPS) is 17.1. The summed E-state index contributed by atoms with van der Waals surface area (Å²) in [6.45, 7) is 15.5. The average molecular weight is 1470 g/mol. The van der Waals surface area contributed by atoms with Gasteiger partial charge in [0.25, 0.3) is 17.7 Å². The number of aryl methyl sites for hydroxylation is 2. The van der Waals surface area contributed by atoms with Gasteiger partial charge in [-0.15, -0.1) is 0 Å². The first-order valence-electron chi connectivity index (χ1n) is 37.0. The summed E-state index contributed by atoms with van der Waals surface area (Å²) < 4.78 is 34.1. The van der Waals surface area contributed by atoms with E-state index in [1.54, 1.807) is 58.8 Å². The molecule has 2 atom stereocenters. The van der Waals surface area contributed by atoms with E-state index in [0.29, 0.717) is 82.1 Å². The lowest BCUT2D eigenvalue weighted by Gasteiger charge is -2.39. The van der Waals surface area contributed by atoms with Gasteiger partial charge in [-0.2, -0.15) is 0 Å². The summed E-state index contributed by atoms with van der Waals surface area (Å²) in [5.41, 5.74) is 14.6. The molecule has 0 saturated carbocycles. The molecule has 3 saturated heterocycles. The van der Waals surface area contributed by atoms with Crippen molar-refractivity contribution in [2.24, 2.45) is 18.9 Å². The molecule has 0 spiro atoms. The highest BCUT2D eigenvalue weighted by Gasteiger charge is 2.36. The van der Waals surface area contributed by atoms with E-state index in [0.717, 1.165) is 151 Å². The number of carbonyl (C=O) groups excluding carboxylic acids is 3. The molecule has 6 aliphatic rings. The summed E-state index contributed by atoms with van der Waals surface area (Å²) in [5, 5.41) is 50.4. The molecule has 16 heterocycles. The van der Waals surface area contributed by atoms with Gasteiger partial charge in [-0.3, -0.25) is 28.2 Å². The minimum absolute atomic E-state index is 0.0830. The highest BCUT2D eigenvalue weighted by molar-refractivity contribution is 6.09. The Hall–Kier alpha value is -11.9. The molecular weight excluding hydrogens is 1390 g/mol. The molecule has 558 valence electrons. The number of aliphatic hydroxyl groups is 3. The number of imidazole rings is 2. The second-order valence-electron chi connectivity index (χ2n) is 30.0. The molecule has 0 unspecified atom stereocenters. The van der Waals surface area contributed by atoms with Crippen LogP contribution in [0.2, 0.25) is 0 Å². The zero-order valence-corrected chi connectivity index (χ0v) is 61.4. The summed E-state index contributed by atoms with van der Waals surface area (Å²) >= 11 is 0. The average Bonchev–Trinajstić information content (AvgIpc) is 1.59. The first-order chi connectivity index (χ1) is 52.6. The number of aliphatic hydroxyl groups excluding tert-OH is 1. The summed E-state index contributed by atoms with van der Waals surface area (Å²) in [6.07, 6.45) is 23.1. The number of nitrogens with zero attached hydrogens (tertiary/aromatic N) is 13. The number of anilines is 9. The minimum Gasteiger partial charge on any atom is -0.393 e. The van der Waals surface area contributed by atoms with Crippen LogP contribution in [0.4, 0.5) is 60.4 Å². The summed E-state index contributed by atoms with van der Waals surface area (Å²) in [7, 11) is 1.98. The van der Waals surface area contributed by atoms with Gasteiger partial charge in [-0.1, -0.05) is 12.1 Å². The molecule has 0 bridgehead atoms. The molecule has 12 aromatic rings. The van der Waals surface area contributed by atoms with Crippen molar-refractivity contribution in [1.82, 2.24) is 64.2 Å². The number of aromatic nitrogens is 10. The number of piperidine rings is 3. The lowest BCUT2D eigenvalue weighted by Crippen LogP contribution is -2.44. The van der Waals surface area contributed by atoms with Crippen LogP contribution in [0, 0.1) is 30.4 Å². The molecule has 2 aromatic carbocycles. The number of benzene rings is 2. The van der Waals surface area contributed by atoms with E-state index >= 15 is 0 Å². The van der Waals surface area contributed by atoms with Crippen LogP contribution in [0.15, 0.2) is 153 Å². The second-order valence-corrected chi connectivity index (χ2v) is 30.0. The van der Waals surface area contributed by atoms with Gasteiger partial charge >= 0.3 is 0 Å². The van der Waals surface area contributed by atoms with Gasteiger partial charge < -0.3 is 66.5 Å². The number of hydrogen-bond acceptors (Lipinski definition) is 19. The van der Waals surface area contributed by atoms with E-state index < -0.39 is 17.0 Å². The number of carbonyl (C=O) groups is 3. The molecular formula is C82H85F2N19O6. The quantitative estimate of drug-likeness (QED) is 0.0489. The van der Waals surface area contributed by atoms with E-state index in [-0.39, 0.29) is 52.8 Å². The molecule has 6 aliphatic heterocycles. The predicted octanol–water partition coefficient (Wildman–Crippen LogP) is 12.3. The fraction of sp³-hybridized carbons (Fsp3) is 0.317. The largest absolute Gasteiger partial charge is 0.393 e.